The molecule has 0 saturated carbocycles. The first-order valence-electron chi connectivity index (χ1n) is 13.0. The Labute approximate surface area is 257 Å². The van der Waals surface area contributed by atoms with E-state index < -0.39 is 16.9 Å². The van der Waals surface area contributed by atoms with Crippen LogP contribution in [0.2, 0.25) is 0 Å². The number of carbonyl (C=O) groups excluding carboxylic acids is 1. The molecule has 14 heteroatoms. The van der Waals surface area contributed by atoms with E-state index in [1.807, 2.05) is 30.5 Å². The molecular weight excluding hydrogens is 611 g/mol. The number of aromatic amines is 1. The molecule has 11 nitrogen and oxygen atoms in total. The van der Waals surface area contributed by atoms with Gasteiger partial charge in [0.1, 0.15) is 0 Å². The van der Waals surface area contributed by atoms with Crippen LogP contribution in [0.25, 0.3) is 6.08 Å². The summed E-state index contributed by atoms with van der Waals surface area (Å²) in [7, 11) is 0. The number of H-pyrrole nitrogens is 1. The molecular formula is C29H25N5O6S3. The molecule has 220 valence electrons. The van der Waals surface area contributed by atoms with Gasteiger partial charge < -0.3 is 9.72 Å². The summed E-state index contributed by atoms with van der Waals surface area (Å²) < 4.78 is 7.11. The number of aryl methyl sites for hydroxylation is 1. The van der Waals surface area contributed by atoms with E-state index in [0.29, 0.717) is 26.3 Å². The number of carbonyl (C=O) groups is 1. The van der Waals surface area contributed by atoms with Crippen molar-refractivity contribution < 1.29 is 14.5 Å². The monoisotopic (exact) mass is 635 g/mol. The summed E-state index contributed by atoms with van der Waals surface area (Å²) in [6, 6.07) is 12.7. The zero-order valence-corrected chi connectivity index (χ0v) is 25.9. The molecule has 3 heterocycles. The Bertz CT molecular complexity index is 2030. The fraction of sp³-hybridized carbons (Fsp3) is 0.207. The molecule has 4 aromatic rings. The number of aromatic nitrogens is 3. The lowest BCUT2D eigenvalue weighted by Gasteiger charge is -2.24. The van der Waals surface area contributed by atoms with E-state index in [2.05, 4.69) is 15.0 Å². The third-order valence-electron chi connectivity index (χ3n) is 6.48. The fourth-order valence-electron chi connectivity index (χ4n) is 4.60. The predicted molar refractivity (Wildman–Crippen MR) is 165 cm³/mol. The van der Waals surface area contributed by atoms with Crippen molar-refractivity contribution in [3.63, 3.8) is 0 Å². The van der Waals surface area contributed by atoms with Crippen LogP contribution in [0.3, 0.4) is 0 Å². The van der Waals surface area contributed by atoms with Crippen LogP contribution in [-0.2, 0) is 9.53 Å². The summed E-state index contributed by atoms with van der Waals surface area (Å²) in [5.41, 5.74) is 1.41. The Morgan fingerprint density at radius 2 is 1.93 bits per heavy atom. The number of nitro benzene ring substituents is 1. The summed E-state index contributed by atoms with van der Waals surface area (Å²) >= 11 is 3.68. The lowest BCUT2D eigenvalue weighted by Crippen LogP contribution is -2.39. The Balaban J connectivity index is 1.61. The number of thioether (sulfide) groups is 1. The normalized spacial score (nSPS) is 14.8. The van der Waals surface area contributed by atoms with Crippen LogP contribution in [0.15, 0.2) is 89.3 Å². The maximum atomic E-state index is 13.9. The highest BCUT2D eigenvalue weighted by Gasteiger charge is 2.33. The first kappa shape index (κ1) is 30.2. The van der Waals surface area contributed by atoms with Gasteiger partial charge in [0.05, 0.1) is 38.3 Å². The molecule has 1 aliphatic heterocycles. The average Bonchev–Trinajstić information content (AvgIpc) is 3.26. The fourth-order valence-corrected chi connectivity index (χ4v) is 6.98. The molecule has 0 unspecified atom stereocenters. The van der Waals surface area contributed by atoms with Crippen LogP contribution in [-0.4, -0.2) is 38.3 Å². The zero-order chi connectivity index (χ0) is 30.8. The minimum Gasteiger partial charge on any atom is -0.463 e. The number of nitrogens with zero attached hydrogens (tertiary/aromatic N) is 4. The van der Waals surface area contributed by atoms with Gasteiger partial charge in [0.25, 0.3) is 16.8 Å². The molecule has 1 atom stereocenters. The van der Waals surface area contributed by atoms with Gasteiger partial charge in [0.15, 0.2) is 9.96 Å². The van der Waals surface area contributed by atoms with E-state index in [-0.39, 0.29) is 39.0 Å². The first-order valence-corrected chi connectivity index (χ1v) is 15.8. The minimum absolute atomic E-state index is 0.168. The van der Waals surface area contributed by atoms with Gasteiger partial charge in [0.2, 0.25) is 0 Å². The topological polar surface area (TPSA) is 150 Å². The molecule has 2 aromatic heterocycles. The predicted octanol–water partition coefficient (Wildman–Crippen LogP) is 3.97. The number of nitro groups is 1. The minimum atomic E-state index is -0.759. The number of rotatable bonds is 8. The molecule has 5 rings (SSSR count). The summed E-state index contributed by atoms with van der Waals surface area (Å²) in [4.78, 5) is 63.3. The maximum absolute atomic E-state index is 13.9. The number of hydrogen-bond donors (Lipinski definition) is 1. The number of benzene rings is 2. The summed E-state index contributed by atoms with van der Waals surface area (Å²) in [5, 5.41) is 12.2. The van der Waals surface area contributed by atoms with Gasteiger partial charge in [-0.3, -0.25) is 24.3 Å². The molecule has 43 heavy (non-hydrogen) atoms. The SMILES string of the molecule is CCOC(=O)C1=C(C)N=c2s/c(=C/c3ccc(Sc4nc(C)cc(=O)[nH]4)c([N+](=O)[O-])c3)c(=O)n2[C@H]1c1ccc(SC)cc1. The largest absolute Gasteiger partial charge is 0.463 e. The molecule has 0 aliphatic carbocycles. The molecule has 0 bridgehead atoms. The summed E-state index contributed by atoms with van der Waals surface area (Å²) in [5.74, 6) is -0.551. The second-order valence-electron chi connectivity index (χ2n) is 9.35. The molecule has 0 radical (unpaired) electrons. The van der Waals surface area contributed by atoms with Crippen LogP contribution >= 0.6 is 34.9 Å². The Morgan fingerprint density at radius 1 is 1.19 bits per heavy atom. The van der Waals surface area contributed by atoms with Crippen molar-refractivity contribution in [1.29, 1.82) is 0 Å². The van der Waals surface area contributed by atoms with Crippen LogP contribution in [0.5, 0.6) is 0 Å². The standard InChI is InChI=1S/C29H25N5O6S3/c1-5-40-27(37)24-16(3)31-29-33(25(24)18-7-9-19(41-4)10-8-18)26(36)22(43-29)14-17-6-11-21(20(13-17)34(38)39)42-28-30-15(2)12-23(35)32-28/h6-14,25H,5H2,1-4H3,(H,30,32,35)/b22-14+/t25-/m0/s1. The van der Waals surface area contributed by atoms with Gasteiger partial charge in [-0.15, -0.1) is 11.8 Å². The smallest absolute Gasteiger partial charge is 0.338 e. The third-order valence-corrected chi connectivity index (χ3v) is 9.16. The van der Waals surface area contributed by atoms with Crippen molar-refractivity contribution in [2.24, 2.45) is 4.99 Å². The molecule has 1 N–H and O–H groups in total. The number of thiazole rings is 1. The van der Waals surface area contributed by atoms with Gasteiger partial charge in [-0.2, -0.15) is 0 Å². The van der Waals surface area contributed by atoms with Gasteiger partial charge in [-0.25, -0.2) is 14.8 Å². The maximum Gasteiger partial charge on any atom is 0.338 e. The van der Waals surface area contributed by atoms with Gasteiger partial charge in [0, 0.05) is 22.7 Å². The number of hydrogen-bond acceptors (Lipinski definition) is 11. The van der Waals surface area contributed by atoms with Gasteiger partial charge in [-0.05, 0) is 74.2 Å². The van der Waals surface area contributed by atoms with Crippen LogP contribution in [0.1, 0.15) is 36.7 Å². The van der Waals surface area contributed by atoms with Crippen molar-refractivity contribution in [2.45, 2.75) is 41.8 Å². The molecule has 0 fully saturated rings. The second kappa shape index (κ2) is 12.5. The second-order valence-corrected chi connectivity index (χ2v) is 12.3. The quantitative estimate of drug-likeness (QED) is 0.0998. The van der Waals surface area contributed by atoms with Crippen molar-refractivity contribution in [3.05, 3.63) is 117 Å². The van der Waals surface area contributed by atoms with Gasteiger partial charge >= 0.3 is 5.97 Å². The van der Waals surface area contributed by atoms with E-state index in [0.717, 1.165) is 33.6 Å². The van der Waals surface area contributed by atoms with Crippen molar-refractivity contribution in [2.75, 3.05) is 12.9 Å². The highest BCUT2D eigenvalue weighted by molar-refractivity contribution is 7.99. The number of fused-ring (bicyclic) bond motifs is 1. The van der Waals surface area contributed by atoms with E-state index in [1.165, 1.54) is 16.7 Å². The molecule has 0 spiro atoms. The summed E-state index contributed by atoms with van der Waals surface area (Å²) in [6.45, 7) is 5.25. The third kappa shape index (κ3) is 6.26. The van der Waals surface area contributed by atoms with E-state index in [9.17, 15) is 24.5 Å². The van der Waals surface area contributed by atoms with Crippen molar-refractivity contribution >= 4 is 52.6 Å². The first-order chi connectivity index (χ1) is 20.6. The van der Waals surface area contributed by atoms with Crippen LogP contribution in [0, 0.1) is 17.0 Å². The molecule has 2 aromatic carbocycles. The average molecular weight is 636 g/mol. The number of esters is 1. The molecule has 1 aliphatic rings. The Hall–Kier alpha value is -4.27. The molecule has 0 amide bonds. The van der Waals surface area contributed by atoms with E-state index in [4.69, 9.17) is 4.74 Å². The molecule has 0 saturated heterocycles. The highest BCUT2D eigenvalue weighted by Crippen LogP contribution is 2.34. The lowest BCUT2D eigenvalue weighted by molar-refractivity contribution is -0.387. The Morgan fingerprint density at radius 3 is 2.58 bits per heavy atom. The highest BCUT2D eigenvalue weighted by atomic mass is 32.2. The van der Waals surface area contributed by atoms with E-state index >= 15 is 0 Å². The number of nitrogens with one attached hydrogen (secondary N) is 1. The number of ether oxygens (including phenoxy) is 1. The Kier molecular flexibility index (Phi) is 8.80. The van der Waals surface area contributed by atoms with E-state index in [1.54, 1.807) is 50.7 Å². The van der Waals surface area contributed by atoms with Crippen molar-refractivity contribution in [3.8, 4) is 0 Å². The van der Waals surface area contributed by atoms with Crippen LogP contribution < -0.4 is 20.5 Å². The zero-order valence-electron chi connectivity index (χ0n) is 23.4. The van der Waals surface area contributed by atoms with Crippen molar-refractivity contribution in [1.82, 2.24) is 14.5 Å². The lowest BCUT2D eigenvalue weighted by atomic mass is 9.96. The van der Waals surface area contributed by atoms with Gasteiger partial charge in [-0.1, -0.05) is 29.5 Å². The summed E-state index contributed by atoms with van der Waals surface area (Å²) in [6.07, 6.45) is 3.53. The number of allylic oxidation sites excluding steroid dienone is 1. The van der Waals surface area contributed by atoms with Crippen LogP contribution in [0.4, 0.5) is 5.69 Å².